The van der Waals surface area contributed by atoms with Crippen molar-refractivity contribution < 1.29 is 13.9 Å². The zero-order valence-corrected chi connectivity index (χ0v) is 15.9. The topological polar surface area (TPSA) is 69.0 Å². The quantitative estimate of drug-likeness (QED) is 0.602. The Kier molecular flexibility index (Phi) is 6.31. The van der Waals surface area contributed by atoms with Crippen LogP contribution in [0.3, 0.4) is 0 Å². The molecule has 3 rings (SSSR count). The third-order valence-electron chi connectivity index (χ3n) is 3.55. The molecule has 0 spiro atoms. The number of anilines is 1. The molecule has 0 saturated carbocycles. The van der Waals surface area contributed by atoms with Crippen molar-refractivity contribution in [3.8, 4) is 5.75 Å². The Hall–Kier alpha value is -2.58. The van der Waals surface area contributed by atoms with Gasteiger partial charge in [0.05, 0.1) is 5.75 Å². The van der Waals surface area contributed by atoms with E-state index >= 15 is 0 Å². The van der Waals surface area contributed by atoms with E-state index in [1.807, 2.05) is 0 Å². The summed E-state index contributed by atoms with van der Waals surface area (Å²) in [6.45, 7) is 0.237. The minimum atomic E-state index is -0.404. The number of rotatable bonds is 7. The highest BCUT2D eigenvalue weighted by Gasteiger charge is 2.12. The minimum Gasteiger partial charge on any atom is -0.486 e. The Balaban J connectivity index is 1.52. The van der Waals surface area contributed by atoms with Gasteiger partial charge >= 0.3 is 0 Å². The molecule has 3 aromatic rings. The lowest BCUT2D eigenvalue weighted by Gasteiger charge is -2.07. The van der Waals surface area contributed by atoms with Gasteiger partial charge in [0.15, 0.2) is 11.0 Å². The molecule has 0 atom stereocenters. The van der Waals surface area contributed by atoms with E-state index < -0.39 is 5.82 Å². The van der Waals surface area contributed by atoms with Crippen LogP contribution >= 0.6 is 23.4 Å². The molecule has 0 unspecified atom stereocenters. The molecule has 0 aliphatic rings. The van der Waals surface area contributed by atoms with Crippen LogP contribution in [0.25, 0.3) is 0 Å². The lowest BCUT2D eigenvalue weighted by atomic mass is 10.3. The summed E-state index contributed by atoms with van der Waals surface area (Å²) in [7, 11) is 1.80. The molecule has 0 radical (unpaired) electrons. The summed E-state index contributed by atoms with van der Waals surface area (Å²) in [5.41, 5.74) is 0.413. The van der Waals surface area contributed by atoms with Crippen LogP contribution in [-0.4, -0.2) is 26.4 Å². The molecular formula is C18H16ClFN4O2S. The Morgan fingerprint density at radius 2 is 2.04 bits per heavy atom. The summed E-state index contributed by atoms with van der Waals surface area (Å²) in [6, 6.07) is 12.8. The fraction of sp³-hybridized carbons (Fsp3) is 0.167. The summed E-state index contributed by atoms with van der Waals surface area (Å²) in [6.07, 6.45) is 0. The van der Waals surface area contributed by atoms with Gasteiger partial charge in [0.1, 0.15) is 18.2 Å². The summed E-state index contributed by atoms with van der Waals surface area (Å²) < 4.78 is 20.6. The molecule has 9 heteroatoms. The minimum absolute atomic E-state index is 0.126. The van der Waals surface area contributed by atoms with Crippen molar-refractivity contribution in [2.24, 2.45) is 7.05 Å². The van der Waals surface area contributed by atoms with Crippen LogP contribution < -0.4 is 10.1 Å². The number of benzene rings is 2. The van der Waals surface area contributed by atoms with Gasteiger partial charge in [-0.2, -0.15) is 0 Å². The van der Waals surface area contributed by atoms with Crippen molar-refractivity contribution in [3.63, 3.8) is 0 Å². The molecule has 0 aliphatic heterocycles. The summed E-state index contributed by atoms with van der Waals surface area (Å²) in [4.78, 5) is 12.0. The van der Waals surface area contributed by atoms with E-state index in [1.54, 1.807) is 41.9 Å². The van der Waals surface area contributed by atoms with Gasteiger partial charge in [-0.1, -0.05) is 29.4 Å². The van der Waals surface area contributed by atoms with Crippen molar-refractivity contribution >= 4 is 35.0 Å². The Bertz CT molecular complexity index is 933. The van der Waals surface area contributed by atoms with Crippen LogP contribution in [0.1, 0.15) is 5.82 Å². The van der Waals surface area contributed by atoms with E-state index in [2.05, 4.69) is 15.5 Å². The smallest absolute Gasteiger partial charge is 0.234 e. The maximum absolute atomic E-state index is 13.1. The second-order valence-corrected chi connectivity index (χ2v) is 6.93. The number of carbonyl (C=O) groups is 1. The number of thioether (sulfide) groups is 1. The van der Waals surface area contributed by atoms with Gasteiger partial charge in [-0.15, -0.1) is 10.2 Å². The second-order valence-electron chi connectivity index (χ2n) is 5.55. The van der Waals surface area contributed by atoms with Crippen LogP contribution in [0.15, 0.2) is 53.7 Å². The molecular weight excluding hydrogens is 391 g/mol. The fourth-order valence-corrected chi connectivity index (χ4v) is 3.02. The van der Waals surface area contributed by atoms with E-state index in [9.17, 15) is 9.18 Å². The van der Waals surface area contributed by atoms with Crippen LogP contribution in [0, 0.1) is 5.82 Å². The van der Waals surface area contributed by atoms with Crippen molar-refractivity contribution in [2.75, 3.05) is 11.1 Å². The number of nitrogens with zero attached hydrogens (tertiary/aromatic N) is 3. The van der Waals surface area contributed by atoms with Crippen LogP contribution in [-0.2, 0) is 18.4 Å². The lowest BCUT2D eigenvalue weighted by molar-refractivity contribution is -0.113. The number of amides is 1. The fourth-order valence-electron chi connectivity index (χ4n) is 2.17. The van der Waals surface area contributed by atoms with E-state index in [1.165, 1.54) is 30.0 Å². The predicted octanol–water partition coefficient (Wildman–Crippen LogP) is 3.92. The number of hydrogen-bond donors (Lipinski definition) is 1. The SMILES string of the molecule is Cn1c(COc2ccc(Cl)cc2)nnc1SCC(=O)Nc1cccc(F)c1. The van der Waals surface area contributed by atoms with Crippen LogP contribution in [0.2, 0.25) is 5.02 Å². The molecule has 27 heavy (non-hydrogen) atoms. The summed E-state index contributed by atoms with van der Waals surface area (Å²) in [5.74, 6) is 0.760. The number of nitrogens with one attached hydrogen (secondary N) is 1. The third-order valence-corrected chi connectivity index (χ3v) is 4.82. The average molecular weight is 407 g/mol. The zero-order chi connectivity index (χ0) is 19.2. The van der Waals surface area contributed by atoms with Crippen molar-refractivity contribution in [2.45, 2.75) is 11.8 Å². The largest absolute Gasteiger partial charge is 0.486 e. The highest BCUT2D eigenvalue weighted by atomic mass is 35.5. The molecule has 0 saturated heterocycles. The maximum Gasteiger partial charge on any atom is 0.234 e. The first-order valence-corrected chi connectivity index (χ1v) is 9.32. The van der Waals surface area contributed by atoms with Crippen LogP contribution in [0.4, 0.5) is 10.1 Å². The third kappa shape index (κ3) is 5.45. The van der Waals surface area contributed by atoms with Gasteiger partial charge in [0.25, 0.3) is 0 Å². The summed E-state index contributed by atoms with van der Waals surface area (Å²) >= 11 is 7.07. The van der Waals surface area contributed by atoms with Gasteiger partial charge in [-0.25, -0.2) is 4.39 Å². The number of halogens is 2. The van der Waals surface area contributed by atoms with Gasteiger partial charge in [-0.3, -0.25) is 4.79 Å². The molecule has 1 heterocycles. The molecule has 0 fully saturated rings. The van der Waals surface area contributed by atoms with Gasteiger partial charge in [0, 0.05) is 17.8 Å². The second kappa shape index (κ2) is 8.88. The van der Waals surface area contributed by atoms with Gasteiger partial charge in [0.2, 0.25) is 5.91 Å². The van der Waals surface area contributed by atoms with E-state index in [-0.39, 0.29) is 18.3 Å². The van der Waals surface area contributed by atoms with E-state index in [4.69, 9.17) is 16.3 Å². The molecule has 2 aromatic carbocycles. The highest BCUT2D eigenvalue weighted by Crippen LogP contribution is 2.19. The first kappa shape index (κ1) is 19.2. The van der Waals surface area contributed by atoms with Gasteiger partial charge < -0.3 is 14.6 Å². The number of aromatic nitrogens is 3. The molecule has 0 aliphatic carbocycles. The molecule has 0 bridgehead atoms. The molecule has 140 valence electrons. The number of hydrogen-bond acceptors (Lipinski definition) is 5. The van der Waals surface area contributed by atoms with Crippen LogP contribution in [0.5, 0.6) is 5.75 Å². The molecule has 1 N–H and O–H groups in total. The Labute approximate surface area is 164 Å². The normalized spacial score (nSPS) is 10.6. The highest BCUT2D eigenvalue weighted by molar-refractivity contribution is 7.99. The predicted molar refractivity (Wildman–Crippen MR) is 103 cm³/mol. The first-order chi connectivity index (χ1) is 13.0. The number of carbonyl (C=O) groups excluding carboxylic acids is 1. The lowest BCUT2D eigenvalue weighted by Crippen LogP contribution is -2.14. The number of ether oxygens (including phenoxy) is 1. The first-order valence-electron chi connectivity index (χ1n) is 7.96. The Morgan fingerprint density at radius 3 is 2.78 bits per heavy atom. The molecule has 6 nitrogen and oxygen atoms in total. The molecule has 1 amide bonds. The zero-order valence-electron chi connectivity index (χ0n) is 14.4. The summed E-state index contributed by atoms with van der Waals surface area (Å²) in [5, 5.41) is 12.0. The van der Waals surface area contributed by atoms with E-state index in [0.29, 0.717) is 27.4 Å². The van der Waals surface area contributed by atoms with Crippen molar-refractivity contribution in [1.82, 2.24) is 14.8 Å². The van der Waals surface area contributed by atoms with Gasteiger partial charge in [-0.05, 0) is 42.5 Å². The average Bonchev–Trinajstić information content (AvgIpc) is 2.99. The molecule has 1 aromatic heterocycles. The maximum atomic E-state index is 13.1. The monoisotopic (exact) mass is 406 g/mol. The van der Waals surface area contributed by atoms with Crippen molar-refractivity contribution in [1.29, 1.82) is 0 Å². The standard InChI is InChI=1S/C18H16ClFN4O2S/c1-24-16(10-26-15-7-5-12(19)6-8-15)22-23-18(24)27-11-17(25)21-14-4-2-3-13(20)9-14/h2-9H,10-11H2,1H3,(H,21,25). The van der Waals surface area contributed by atoms with E-state index in [0.717, 1.165) is 0 Å². The Morgan fingerprint density at radius 1 is 1.26 bits per heavy atom. The van der Waals surface area contributed by atoms with Crippen molar-refractivity contribution in [3.05, 3.63) is 65.2 Å².